The zero-order chi connectivity index (χ0) is 13.1. The molecule has 1 N–H and O–H groups in total. The Labute approximate surface area is 132 Å². The first-order valence-corrected chi connectivity index (χ1v) is 8.42. The van der Waals surface area contributed by atoms with Crippen molar-refractivity contribution in [3.8, 4) is 0 Å². The van der Waals surface area contributed by atoms with Gasteiger partial charge in [-0.2, -0.15) is 0 Å². The summed E-state index contributed by atoms with van der Waals surface area (Å²) in [4.78, 5) is 2.50. The molecule has 1 heterocycles. The number of hydrogen-bond donors (Lipinski definition) is 1. The molecule has 2 unspecified atom stereocenters. The van der Waals surface area contributed by atoms with E-state index >= 15 is 0 Å². The minimum absolute atomic E-state index is 0.605. The van der Waals surface area contributed by atoms with E-state index < -0.39 is 0 Å². The quantitative estimate of drug-likeness (QED) is 0.743. The van der Waals surface area contributed by atoms with Crippen LogP contribution in [0, 0.1) is 9.49 Å². The Morgan fingerprint density at radius 1 is 1.56 bits per heavy atom. The number of piperazine rings is 1. The van der Waals surface area contributed by atoms with Crippen LogP contribution >= 0.6 is 38.5 Å². The van der Waals surface area contributed by atoms with Gasteiger partial charge in [-0.15, -0.1) is 0 Å². The molecule has 0 saturated carbocycles. The van der Waals surface area contributed by atoms with Crippen LogP contribution in [-0.4, -0.2) is 25.7 Å². The van der Waals surface area contributed by atoms with Crippen LogP contribution in [0.15, 0.2) is 22.7 Å². The summed E-state index contributed by atoms with van der Waals surface area (Å²) in [5.74, 6) is 0.731. The van der Waals surface area contributed by atoms with Crippen molar-refractivity contribution in [3.63, 3.8) is 0 Å². The maximum absolute atomic E-state index is 3.67. The number of anilines is 1. The Hall–Kier alpha value is 0.190. The van der Waals surface area contributed by atoms with E-state index in [-0.39, 0.29) is 0 Å². The second kappa shape index (κ2) is 6.57. The fourth-order valence-electron chi connectivity index (χ4n) is 2.39. The highest BCUT2D eigenvalue weighted by molar-refractivity contribution is 14.1. The molecular weight excluding hydrogens is 403 g/mol. The maximum Gasteiger partial charge on any atom is 0.0522 e. The molecule has 1 saturated heterocycles. The zero-order valence-electron chi connectivity index (χ0n) is 10.9. The van der Waals surface area contributed by atoms with Crippen molar-refractivity contribution in [2.75, 3.05) is 24.5 Å². The summed E-state index contributed by atoms with van der Waals surface area (Å²) in [6.45, 7) is 7.88. The van der Waals surface area contributed by atoms with Crippen LogP contribution in [0.5, 0.6) is 0 Å². The molecule has 0 amide bonds. The van der Waals surface area contributed by atoms with E-state index in [2.05, 4.69) is 80.8 Å². The smallest absolute Gasteiger partial charge is 0.0522 e. The summed E-state index contributed by atoms with van der Waals surface area (Å²) in [5.41, 5.74) is 1.33. The molecule has 2 atom stereocenters. The first-order chi connectivity index (χ1) is 8.61. The van der Waals surface area contributed by atoms with Crippen LogP contribution in [-0.2, 0) is 0 Å². The van der Waals surface area contributed by atoms with E-state index in [9.17, 15) is 0 Å². The minimum Gasteiger partial charge on any atom is -0.368 e. The van der Waals surface area contributed by atoms with Crippen molar-refractivity contribution >= 4 is 44.2 Å². The lowest BCUT2D eigenvalue weighted by molar-refractivity contribution is 0.341. The number of nitrogens with zero attached hydrogens (tertiary/aromatic N) is 1. The number of nitrogens with one attached hydrogen (secondary N) is 1. The summed E-state index contributed by atoms with van der Waals surface area (Å²) in [5, 5.41) is 3.64. The predicted octanol–water partition coefficient (Wildman–Crippen LogP) is 3.88. The highest BCUT2D eigenvalue weighted by Gasteiger charge is 2.24. The summed E-state index contributed by atoms with van der Waals surface area (Å²) < 4.78 is 2.50. The molecule has 0 aliphatic carbocycles. The van der Waals surface area contributed by atoms with Gasteiger partial charge in [0, 0.05) is 33.7 Å². The van der Waals surface area contributed by atoms with Crippen LogP contribution in [0.4, 0.5) is 5.69 Å². The van der Waals surface area contributed by atoms with Crippen molar-refractivity contribution in [2.24, 2.45) is 5.92 Å². The largest absolute Gasteiger partial charge is 0.368 e. The number of rotatable bonds is 3. The van der Waals surface area contributed by atoms with E-state index in [1.165, 1.54) is 20.2 Å². The maximum atomic E-state index is 3.67. The summed E-state index contributed by atoms with van der Waals surface area (Å²) >= 11 is 6.06. The van der Waals surface area contributed by atoms with Crippen molar-refractivity contribution < 1.29 is 0 Å². The Balaban J connectivity index is 2.15. The Morgan fingerprint density at radius 2 is 2.33 bits per heavy atom. The van der Waals surface area contributed by atoms with Gasteiger partial charge in [-0.1, -0.05) is 20.3 Å². The molecule has 0 bridgehead atoms. The third kappa shape index (κ3) is 3.39. The van der Waals surface area contributed by atoms with Crippen LogP contribution in [0.2, 0.25) is 0 Å². The predicted molar refractivity (Wildman–Crippen MR) is 90.3 cm³/mol. The molecule has 4 heteroatoms. The minimum atomic E-state index is 0.605. The fraction of sp³-hybridized carbons (Fsp3) is 0.571. The van der Waals surface area contributed by atoms with Gasteiger partial charge in [0.15, 0.2) is 0 Å². The average molecular weight is 423 g/mol. The summed E-state index contributed by atoms with van der Waals surface area (Å²) in [7, 11) is 0. The summed E-state index contributed by atoms with van der Waals surface area (Å²) in [6, 6.07) is 7.16. The van der Waals surface area contributed by atoms with Gasteiger partial charge in [0.1, 0.15) is 0 Å². The van der Waals surface area contributed by atoms with Crippen LogP contribution in [0.25, 0.3) is 0 Å². The van der Waals surface area contributed by atoms with Gasteiger partial charge < -0.3 is 10.2 Å². The van der Waals surface area contributed by atoms with E-state index in [0.29, 0.717) is 6.04 Å². The molecule has 1 aliphatic heterocycles. The summed E-state index contributed by atoms with van der Waals surface area (Å²) in [6.07, 6.45) is 1.24. The molecule has 0 aromatic heterocycles. The lowest BCUT2D eigenvalue weighted by atomic mass is 9.97. The molecule has 1 aromatic rings. The number of halogens is 2. The van der Waals surface area contributed by atoms with Crippen LogP contribution < -0.4 is 10.2 Å². The highest BCUT2D eigenvalue weighted by Crippen LogP contribution is 2.29. The third-order valence-corrected chi connectivity index (χ3v) is 5.13. The first-order valence-electron chi connectivity index (χ1n) is 6.55. The first kappa shape index (κ1) is 14.6. The SMILES string of the molecule is CCC(C)C1CN(c2cc(I)ccc2Br)CCN1. The second-order valence-corrected chi connectivity index (χ2v) is 7.09. The molecule has 100 valence electrons. The van der Waals surface area contributed by atoms with Gasteiger partial charge in [-0.3, -0.25) is 0 Å². The standard InChI is InChI=1S/C14H20BrIN2/c1-3-10(2)13-9-18(7-6-17-13)14-8-11(16)4-5-12(14)15/h4-5,8,10,13,17H,3,6-7,9H2,1-2H3. The molecule has 2 nitrogen and oxygen atoms in total. The molecule has 18 heavy (non-hydrogen) atoms. The lowest BCUT2D eigenvalue weighted by Crippen LogP contribution is -2.53. The van der Waals surface area contributed by atoms with E-state index in [1.54, 1.807) is 0 Å². The van der Waals surface area contributed by atoms with Crippen LogP contribution in [0.1, 0.15) is 20.3 Å². The third-order valence-electron chi connectivity index (χ3n) is 3.79. The van der Waals surface area contributed by atoms with Gasteiger partial charge in [-0.05, 0) is 62.6 Å². The van der Waals surface area contributed by atoms with E-state index in [4.69, 9.17) is 0 Å². The van der Waals surface area contributed by atoms with Gasteiger partial charge in [0.05, 0.1) is 5.69 Å². The Morgan fingerprint density at radius 3 is 3.06 bits per heavy atom. The Kier molecular flexibility index (Phi) is 5.33. The van der Waals surface area contributed by atoms with Crippen molar-refractivity contribution in [3.05, 3.63) is 26.2 Å². The van der Waals surface area contributed by atoms with Gasteiger partial charge in [0.2, 0.25) is 0 Å². The number of benzene rings is 1. The van der Waals surface area contributed by atoms with Gasteiger partial charge in [0.25, 0.3) is 0 Å². The fourth-order valence-corrected chi connectivity index (χ4v) is 3.36. The molecule has 1 aromatic carbocycles. The van der Waals surface area contributed by atoms with E-state index in [0.717, 1.165) is 25.6 Å². The molecule has 2 rings (SSSR count). The van der Waals surface area contributed by atoms with Gasteiger partial charge >= 0.3 is 0 Å². The van der Waals surface area contributed by atoms with Crippen LogP contribution in [0.3, 0.4) is 0 Å². The zero-order valence-corrected chi connectivity index (χ0v) is 14.7. The molecular formula is C14H20BrIN2. The van der Waals surface area contributed by atoms with E-state index in [1.807, 2.05) is 0 Å². The monoisotopic (exact) mass is 422 g/mol. The molecule has 0 radical (unpaired) electrons. The number of hydrogen-bond acceptors (Lipinski definition) is 2. The second-order valence-electron chi connectivity index (χ2n) is 4.99. The molecule has 1 fully saturated rings. The van der Waals surface area contributed by atoms with Crippen molar-refractivity contribution in [1.82, 2.24) is 5.32 Å². The van der Waals surface area contributed by atoms with Crippen molar-refractivity contribution in [1.29, 1.82) is 0 Å². The lowest BCUT2D eigenvalue weighted by Gasteiger charge is -2.38. The topological polar surface area (TPSA) is 15.3 Å². The normalized spacial score (nSPS) is 22.0. The van der Waals surface area contributed by atoms with Gasteiger partial charge in [-0.25, -0.2) is 0 Å². The highest BCUT2D eigenvalue weighted by atomic mass is 127. The molecule has 0 spiro atoms. The molecule has 1 aliphatic rings. The average Bonchev–Trinajstić information content (AvgIpc) is 2.40. The Bertz CT molecular complexity index is 411. The van der Waals surface area contributed by atoms with Crippen molar-refractivity contribution in [2.45, 2.75) is 26.3 Å².